The van der Waals surface area contributed by atoms with Crippen LogP contribution in [0.4, 0.5) is 0 Å². The summed E-state index contributed by atoms with van der Waals surface area (Å²) in [6.45, 7) is 14.9. The molecule has 4 aliphatic rings. The fourth-order valence-electron chi connectivity index (χ4n) is 6.51. The van der Waals surface area contributed by atoms with E-state index >= 15 is 0 Å². The highest BCUT2D eigenvalue weighted by molar-refractivity contribution is 5.03. The largest absolute Gasteiger partial charge is 0.309 e. The summed E-state index contributed by atoms with van der Waals surface area (Å²) in [4.78, 5) is 9.98. The van der Waals surface area contributed by atoms with E-state index in [1.807, 2.05) is 0 Å². The third-order valence-corrected chi connectivity index (χ3v) is 8.42. The molecule has 2 atom stereocenters. The lowest BCUT2D eigenvalue weighted by atomic mass is 9.71. The Morgan fingerprint density at radius 2 is 1.64 bits per heavy atom. The van der Waals surface area contributed by atoms with E-state index < -0.39 is 0 Å². The highest BCUT2D eigenvalue weighted by atomic mass is 15.2. The van der Waals surface area contributed by atoms with Gasteiger partial charge in [0.15, 0.2) is 0 Å². The average molecular weight is 393 g/mol. The fraction of sp³-hybridized carbons (Fsp3) is 1.00. The third kappa shape index (κ3) is 4.77. The van der Waals surface area contributed by atoms with Gasteiger partial charge in [0.2, 0.25) is 0 Å². The Labute approximate surface area is 175 Å². The highest BCUT2D eigenvalue weighted by Crippen LogP contribution is 2.50. The Kier molecular flexibility index (Phi) is 7.17. The van der Waals surface area contributed by atoms with Crippen molar-refractivity contribution in [1.82, 2.24) is 19.6 Å². The van der Waals surface area contributed by atoms with Gasteiger partial charge in [-0.25, -0.2) is 0 Å². The van der Waals surface area contributed by atoms with Gasteiger partial charge in [-0.1, -0.05) is 13.3 Å². The molecule has 4 nitrogen and oxygen atoms in total. The van der Waals surface area contributed by atoms with Gasteiger partial charge in [0, 0.05) is 44.8 Å². The van der Waals surface area contributed by atoms with Crippen LogP contribution in [0, 0.1) is 16.7 Å². The second kappa shape index (κ2) is 8.91. The normalized spacial score (nSPS) is 31.5. The molecule has 4 fully saturated rings. The van der Waals surface area contributed by atoms with Crippen molar-refractivity contribution in [2.75, 3.05) is 67.5 Å². The van der Waals surface area contributed by atoms with Crippen molar-refractivity contribution in [2.45, 2.75) is 71.4 Å². The molecule has 0 radical (unpaired) electrons. The van der Waals surface area contributed by atoms with Crippen LogP contribution in [0.2, 0.25) is 0 Å². The quantitative estimate of drug-likeness (QED) is 0.710. The van der Waals surface area contributed by atoms with Crippen LogP contribution in [0.15, 0.2) is 0 Å². The Bertz CT molecular complexity index is 489. The molecule has 2 saturated carbocycles. The molecule has 4 heteroatoms. The molecule has 2 unspecified atom stereocenters. The molecule has 28 heavy (non-hydrogen) atoms. The van der Waals surface area contributed by atoms with Crippen molar-refractivity contribution in [1.29, 1.82) is 0 Å². The maximum absolute atomic E-state index is 2.61. The van der Waals surface area contributed by atoms with Gasteiger partial charge in [-0.3, -0.25) is 4.90 Å². The van der Waals surface area contributed by atoms with Crippen molar-refractivity contribution < 1.29 is 0 Å². The SMILES string of the molecule is CC(C)N1CC2(CCC(N(C)C)C2)C1.CCN1CC2(CCCC2CN(C)C)C1. The van der Waals surface area contributed by atoms with Crippen LogP contribution in [0.1, 0.15) is 59.3 Å². The summed E-state index contributed by atoms with van der Waals surface area (Å²) in [5.41, 5.74) is 1.43. The van der Waals surface area contributed by atoms with Gasteiger partial charge >= 0.3 is 0 Å². The summed E-state index contributed by atoms with van der Waals surface area (Å²) in [5, 5.41) is 0. The van der Waals surface area contributed by atoms with Crippen molar-refractivity contribution >= 4 is 0 Å². The van der Waals surface area contributed by atoms with E-state index in [4.69, 9.17) is 0 Å². The standard InChI is InChI=1S/2C12H24N2/c1-10(2)14-8-12(9-14)6-5-11(7-12)13(3)4;1-4-14-9-12(10-14)7-5-6-11(12)8-13(2)3/h10-11H,5-9H2,1-4H3;11H,4-10H2,1-3H3. The Morgan fingerprint density at radius 1 is 0.964 bits per heavy atom. The van der Waals surface area contributed by atoms with E-state index in [9.17, 15) is 0 Å². The molecular formula is C24H48N4. The van der Waals surface area contributed by atoms with Gasteiger partial charge in [0.25, 0.3) is 0 Å². The molecule has 0 N–H and O–H groups in total. The van der Waals surface area contributed by atoms with Crippen LogP contribution in [0.3, 0.4) is 0 Å². The topological polar surface area (TPSA) is 13.0 Å². The van der Waals surface area contributed by atoms with Crippen molar-refractivity contribution in [3.8, 4) is 0 Å². The van der Waals surface area contributed by atoms with Crippen LogP contribution in [0.5, 0.6) is 0 Å². The third-order valence-electron chi connectivity index (χ3n) is 8.42. The summed E-state index contributed by atoms with van der Waals surface area (Å²) in [6.07, 6.45) is 8.73. The molecule has 164 valence electrons. The summed E-state index contributed by atoms with van der Waals surface area (Å²) >= 11 is 0. The van der Waals surface area contributed by atoms with Gasteiger partial charge in [0.1, 0.15) is 0 Å². The number of likely N-dealkylation sites (tertiary alicyclic amines) is 2. The predicted molar refractivity (Wildman–Crippen MR) is 121 cm³/mol. The smallest absolute Gasteiger partial charge is 0.00956 e. The lowest BCUT2D eigenvalue weighted by Crippen LogP contribution is -2.58. The van der Waals surface area contributed by atoms with E-state index in [-0.39, 0.29) is 0 Å². The molecule has 4 rings (SSSR count). The van der Waals surface area contributed by atoms with E-state index in [2.05, 4.69) is 68.6 Å². The molecule has 0 aromatic rings. The van der Waals surface area contributed by atoms with Crippen LogP contribution in [0.25, 0.3) is 0 Å². The molecule has 2 spiro atoms. The first-order chi connectivity index (χ1) is 13.2. The summed E-state index contributed by atoms with van der Waals surface area (Å²) < 4.78 is 0. The highest BCUT2D eigenvalue weighted by Gasteiger charge is 2.50. The Balaban J connectivity index is 0.000000161. The van der Waals surface area contributed by atoms with Gasteiger partial charge in [-0.2, -0.15) is 0 Å². The van der Waals surface area contributed by atoms with Crippen LogP contribution in [-0.4, -0.2) is 99.1 Å². The first kappa shape index (κ1) is 22.5. The second-order valence-corrected chi connectivity index (χ2v) is 11.4. The number of nitrogens with zero attached hydrogens (tertiary/aromatic N) is 4. The van der Waals surface area contributed by atoms with Gasteiger partial charge in [-0.15, -0.1) is 0 Å². The molecule has 0 amide bonds. The van der Waals surface area contributed by atoms with Crippen molar-refractivity contribution in [2.24, 2.45) is 16.7 Å². The maximum atomic E-state index is 2.61. The van der Waals surface area contributed by atoms with Crippen LogP contribution < -0.4 is 0 Å². The minimum Gasteiger partial charge on any atom is -0.309 e. The van der Waals surface area contributed by atoms with Crippen LogP contribution >= 0.6 is 0 Å². The summed E-state index contributed by atoms with van der Waals surface area (Å²) in [7, 11) is 8.87. The summed E-state index contributed by atoms with van der Waals surface area (Å²) in [6, 6.07) is 1.60. The van der Waals surface area contributed by atoms with E-state index in [0.29, 0.717) is 5.41 Å². The molecule has 0 aromatic heterocycles. The molecule has 2 aliphatic heterocycles. The maximum Gasteiger partial charge on any atom is 0.00956 e. The van der Waals surface area contributed by atoms with Gasteiger partial charge in [0.05, 0.1) is 0 Å². The first-order valence-corrected chi connectivity index (χ1v) is 12.0. The Morgan fingerprint density at radius 3 is 2.14 bits per heavy atom. The van der Waals surface area contributed by atoms with Crippen LogP contribution in [-0.2, 0) is 0 Å². The van der Waals surface area contributed by atoms with Crippen molar-refractivity contribution in [3.63, 3.8) is 0 Å². The zero-order valence-corrected chi connectivity index (χ0v) is 20.0. The molecule has 0 aromatic carbocycles. The molecule has 2 heterocycles. The zero-order valence-electron chi connectivity index (χ0n) is 20.0. The van der Waals surface area contributed by atoms with Crippen molar-refractivity contribution in [3.05, 3.63) is 0 Å². The first-order valence-electron chi connectivity index (χ1n) is 12.0. The molecular weight excluding hydrogens is 344 g/mol. The molecule has 2 aliphatic carbocycles. The van der Waals surface area contributed by atoms with E-state index in [1.54, 1.807) is 0 Å². The minimum atomic E-state index is 0.708. The molecule has 2 saturated heterocycles. The summed E-state index contributed by atoms with van der Waals surface area (Å²) in [5.74, 6) is 0.972. The number of hydrogen-bond donors (Lipinski definition) is 0. The van der Waals surface area contributed by atoms with Gasteiger partial charge in [-0.05, 0) is 97.4 Å². The minimum absolute atomic E-state index is 0.708. The molecule has 0 bridgehead atoms. The van der Waals surface area contributed by atoms with E-state index in [1.165, 1.54) is 77.8 Å². The monoisotopic (exact) mass is 392 g/mol. The van der Waals surface area contributed by atoms with E-state index in [0.717, 1.165) is 23.4 Å². The zero-order chi connectivity index (χ0) is 20.5. The lowest BCUT2D eigenvalue weighted by molar-refractivity contribution is -0.0324. The number of rotatable bonds is 5. The van der Waals surface area contributed by atoms with Gasteiger partial charge < -0.3 is 14.7 Å². The predicted octanol–water partition coefficient (Wildman–Crippen LogP) is 3.48. The average Bonchev–Trinajstić information content (AvgIpc) is 3.16. The Hall–Kier alpha value is -0.160. The second-order valence-electron chi connectivity index (χ2n) is 11.4. The fourth-order valence-corrected chi connectivity index (χ4v) is 6.51. The number of hydrogen-bond acceptors (Lipinski definition) is 4. The lowest BCUT2D eigenvalue weighted by Gasteiger charge is -2.52.